The lowest BCUT2D eigenvalue weighted by Gasteiger charge is -2.08. The van der Waals surface area contributed by atoms with Crippen LogP contribution in [0.25, 0.3) is 0 Å². The maximum Gasteiger partial charge on any atom is 0.257 e. The van der Waals surface area contributed by atoms with Gasteiger partial charge in [-0.05, 0) is 51.1 Å². The Labute approximate surface area is 131 Å². The first-order chi connectivity index (χ1) is 10.6. The van der Waals surface area contributed by atoms with E-state index in [0.29, 0.717) is 18.7 Å². The van der Waals surface area contributed by atoms with Gasteiger partial charge in [0.2, 0.25) is 0 Å². The third kappa shape index (κ3) is 3.49. The number of anilines is 1. The molecule has 0 saturated heterocycles. The molecule has 0 saturated carbocycles. The second-order valence-electron chi connectivity index (χ2n) is 5.14. The van der Waals surface area contributed by atoms with Gasteiger partial charge >= 0.3 is 0 Å². The zero-order valence-corrected chi connectivity index (χ0v) is 13.3. The molecule has 1 amide bonds. The van der Waals surface area contributed by atoms with E-state index in [1.54, 1.807) is 0 Å². The molecule has 1 heterocycles. The van der Waals surface area contributed by atoms with Crippen molar-refractivity contribution in [1.29, 1.82) is 0 Å². The van der Waals surface area contributed by atoms with Gasteiger partial charge in [0.1, 0.15) is 12.4 Å². The monoisotopic (exact) mass is 301 g/mol. The molecule has 0 aliphatic rings. The van der Waals surface area contributed by atoms with Gasteiger partial charge in [0.15, 0.2) is 0 Å². The SMILES string of the molecule is CCn1c(C)cc(C(=O)Nc2ccc(OCCN)cc2)c1C. The number of aromatic nitrogens is 1. The summed E-state index contributed by atoms with van der Waals surface area (Å²) >= 11 is 0. The van der Waals surface area contributed by atoms with Crippen molar-refractivity contribution in [1.82, 2.24) is 4.57 Å². The summed E-state index contributed by atoms with van der Waals surface area (Å²) in [5.74, 6) is 0.649. The van der Waals surface area contributed by atoms with Crippen LogP contribution in [-0.4, -0.2) is 23.6 Å². The average Bonchev–Trinajstić information content (AvgIpc) is 2.81. The van der Waals surface area contributed by atoms with Crippen LogP contribution in [0.5, 0.6) is 5.75 Å². The van der Waals surface area contributed by atoms with Crippen molar-refractivity contribution in [3.63, 3.8) is 0 Å². The van der Waals surface area contributed by atoms with Gasteiger partial charge in [-0.1, -0.05) is 0 Å². The molecular formula is C17H23N3O2. The number of rotatable bonds is 6. The zero-order valence-electron chi connectivity index (χ0n) is 13.3. The minimum absolute atomic E-state index is 0.0940. The lowest BCUT2D eigenvalue weighted by atomic mass is 10.2. The molecular weight excluding hydrogens is 278 g/mol. The molecule has 5 heteroatoms. The van der Waals surface area contributed by atoms with Gasteiger partial charge in [-0.25, -0.2) is 0 Å². The van der Waals surface area contributed by atoms with Crippen LogP contribution in [-0.2, 0) is 6.54 Å². The van der Waals surface area contributed by atoms with Gasteiger partial charge < -0.3 is 20.4 Å². The van der Waals surface area contributed by atoms with Gasteiger partial charge in [-0.15, -0.1) is 0 Å². The van der Waals surface area contributed by atoms with Crippen molar-refractivity contribution in [2.24, 2.45) is 5.73 Å². The van der Waals surface area contributed by atoms with Gasteiger partial charge in [0.25, 0.3) is 5.91 Å². The number of carbonyl (C=O) groups is 1. The molecule has 0 aliphatic heterocycles. The van der Waals surface area contributed by atoms with Crippen molar-refractivity contribution >= 4 is 11.6 Å². The Morgan fingerprint density at radius 1 is 1.27 bits per heavy atom. The molecule has 5 nitrogen and oxygen atoms in total. The molecule has 1 aromatic carbocycles. The smallest absolute Gasteiger partial charge is 0.257 e. The second kappa shape index (κ2) is 7.13. The Bertz CT molecular complexity index is 645. The van der Waals surface area contributed by atoms with Crippen LogP contribution in [0.1, 0.15) is 28.7 Å². The highest BCUT2D eigenvalue weighted by molar-refractivity contribution is 6.05. The summed E-state index contributed by atoms with van der Waals surface area (Å²) < 4.78 is 7.54. The summed E-state index contributed by atoms with van der Waals surface area (Å²) in [6, 6.07) is 9.21. The van der Waals surface area contributed by atoms with Crippen molar-refractivity contribution in [2.75, 3.05) is 18.5 Å². The Hall–Kier alpha value is -2.27. The molecule has 22 heavy (non-hydrogen) atoms. The van der Waals surface area contributed by atoms with Crippen molar-refractivity contribution in [3.05, 3.63) is 47.3 Å². The number of carbonyl (C=O) groups excluding carboxylic acids is 1. The molecule has 118 valence electrons. The average molecular weight is 301 g/mol. The first-order valence-corrected chi connectivity index (χ1v) is 7.47. The number of hydrogen-bond donors (Lipinski definition) is 2. The summed E-state index contributed by atoms with van der Waals surface area (Å²) in [6.45, 7) is 7.87. The van der Waals surface area contributed by atoms with E-state index >= 15 is 0 Å². The van der Waals surface area contributed by atoms with Gasteiger partial charge in [0, 0.05) is 30.2 Å². The van der Waals surface area contributed by atoms with Crippen LogP contribution < -0.4 is 15.8 Å². The Balaban J connectivity index is 2.09. The number of amides is 1. The van der Waals surface area contributed by atoms with E-state index in [1.807, 2.05) is 44.2 Å². The topological polar surface area (TPSA) is 69.3 Å². The fraction of sp³-hybridized carbons (Fsp3) is 0.353. The summed E-state index contributed by atoms with van der Waals surface area (Å²) in [5.41, 5.74) is 8.92. The highest BCUT2D eigenvalue weighted by Gasteiger charge is 2.15. The fourth-order valence-electron chi connectivity index (χ4n) is 2.53. The number of benzene rings is 1. The number of nitrogens with two attached hydrogens (primary N) is 1. The highest BCUT2D eigenvalue weighted by Crippen LogP contribution is 2.19. The van der Waals surface area contributed by atoms with Crippen LogP contribution in [0.4, 0.5) is 5.69 Å². The zero-order chi connectivity index (χ0) is 16.1. The maximum atomic E-state index is 12.4. The Kier molecular flexibility index (Phi) is 5.22. The van der Waals surface area contributed by atoms with Crippen LogP contribution in [0.3, 0.4) is 0 Å². The fourth-order valence-corrected chi connectivity index (χ4v) is 2.53. The summed E-state index contributed by atoms with van der Waals surface area (Å²) in [7, 11) is 0. The number of nitrogens with one attached hydrogen (secondary N) is 1. The van der Waals surface area contributed by atoms with Crippen LogP contribution in [0.15, 0.2) is 30.3 Å². The minimum atomic E-state index is -0.0940. The van der Waals surface area contributed by atoms with E-state index in [1.165, 1.54) is 0 Å². The minimum Gasteiger partial charge on any atom is -0.492 e. The number of nitrogens with zero attached hydrogens (tertiary/aromatic N) is 1. The summed E-state index contributed by atoms with van der Waals surface area (Å²) in [4.78, 5) is 12.4. The first-order valence-electron chi connectivity index (χ1n) is 7.47. The largest absolute Gasteiger partial charge is 0.492 e. The first kappa shape index (κ1) is 16.1. The van der Waals surface area contributed by atoms with Gasteiger partial charge in [-0.3, -0.25) is 4.79 Å². The molecule has 1 aromatic heterocycles. The highest BCUT2D eigenvalue weighted by atomic mass is 16.5. The normalized spacial score (nSPS) is 10.5. The Morgan fingerprint density at radius 2 is 1.95 bits per heavy atom. The molecule has 0 spiro atoms. The van der Waals surface area contributed by atoms with Crippen molar-refractivity contribution < 1.29 is 9.53 Å². The maximum absolute atomic E-state index is 12.4. The van der Waals surface area contributed by atoms with E-state index in [-0.39, 0.29) is 5.91 Å². The summed E-state index contributed by atoms with van der Waals surface area (Å²) in [5, 5.41) is 2.91. The lowest BCUT2D eigenvalue weighted by Crippen LogP contribution is -2.13. The molecule has 0 bridgehead atoms. The number of ether oxygens (including phenoxy) is 1. The lowest BCUT2D eigenvalue weighted by molar-refractivity contribution is 0.102. The van der Waals surface area contributed by atoms with E-state index in [4.69, 9.17) is 10.5 Å². The standard InChI is InChI=1S/C17H23N3O2/c1-4-20-12(2)11-16(13(20)3)17(21)19-14-5-7-15(8-6-14)22-10-9-18/h5-8,11H,4,9-10,18H2,1-3H3,(H,19,21). The van der Waals surface area contributed by atoms with E-state index in [9.17, 15) is 4.79 Å². The number of aryl methyl sites for hydroxylation is 1. The molecule has 0 unspecified atom stereocenters. The molecule has 0 aliphatic carbocycles. The molecule has 0 atom stereocenters. The van der Waals surface area contributed by atoms with Gasteiger partial charge in [0.05, 0.1) is 5.56 Å². The van der Waals surface area contributed by atoms with E-state index in [2.05, 4.69) is 16.8 Å². The third-order valence-electron chi connectivity index (χ3n) is 3.63. The van der Waals surface area contributed by atoms with Crippen LogP contribution in [0.2, 0.25) is 0 Å². The Morgan fingerprint density at radius 3 is 2.50 bits per heavy atom. The van der Waals surface area contributed by atoms with Crippen molar-refractivity contribution in [3.8, 4) is 5.75 Å². The van der Waals surface area contributed by atoms with Crippen LogP contribution >= 0.6 is 0 Å². The third-order valence-corrected chi connectivity index (χ3v) is 3.63. The molecule has 3 N–H and O–H groups in total. The number of hydrogen-bond acceptors (Lipinski definition) is 3. The second-order valence-corrected chi connectivity index (χ2v) is 5.14. The molecule has 0 fully saturated rings. The summed E-state index contributed by atoms with van der Waals surface area (Å²) in [6.07, 6.45) is 0. The van der Waals surface area contributed by atoms with E-state index in [0.717, 1.165) is 29.4 Å². The van der Waals surface area contributed by atoms with Gasteiger partial charge in [-0.2, -0.15) is 0 Å². The van der Waals surface area contributed by atoms with Crippen LogP contribution in [0, 0.1) is 13.8 Å². The predicted molar refractivity (Wildman–Crippen MR) is 88.5 cm³/mol. The molecule has 2 rings (SSSR count). The predicted octanol–water partition coefficient (Wildman–Crippen LogP) is 2.71. The van der Waals surface area contributed by atoms with Crippen molar-refractivity contribution in [2.45, 2.75) is 27.3 Å². The van der Waals surface area contributed by atoms with E-state index < -0.39 is 0 Å². The molecule has 0 radical (unpaired) electrons. The molecule has 2 aromatic rings. The quantitative estimate of drug-likeness (QED) is 0.862.